The SMILES string of the molecule is NCC1CS(=O)(=O)c2cc(F)cc(-c3c(Cl)cccc3Cl)c2O1. The predicted octanol–water partition coefficient (Wildman–Crippen LogP) is 3.29. The lowest BCUT2D eigenvalue weighted by atomic mass is 10.0. The van der Waals surface area contributed by atoms with Crippen LogP contribution in [0.2, 0.25) is 10.0 Å². The lowest BCUT2D eigenvalue weighted by molar-refractivity contribution is 0.219. The van der Waals surface area contributed by atoms with Crippen LogP contribution in [0.25, 0.3) is 11.1 Å². The van der Waals surface area contributed by atoms with Crippen LogP contribution in [0, 0.1) is 5.82 Å². The summed E-state index contributed by atoms with van der Waals surface area (Å²) in [5.41, 5.74) is 6.06. The van der Waals surface area contributed by atoms with Gasteiger partial charge in [0.1, 0.15) is 22.6 Å². The van der Waals surface area contributed by atoms with Crippen molar-refractivity contribution in [3.05, 3.63) is 46.2 Å². The highest BCUT2D eigenvalue weighted by Crippen LogP contribution is 2.45. The summed E-state index contributed by atoms with van der Waals surface area (Å²) < 4.78 is 44.4. The molecule has 1 heterocycles. The molecule has 0 aliphatic carbocycles. The van der Waals surface area contributed by atoms with Crippen LogP contribution in [0.1, 0.15) is 0 Å². The highest BCUT2D eigenvalue weighted by atomic mass is 35.5. The Kier molecular flexibility index (Phi) is 4.27. The van der Waals surface area contributed by atoms with Gasteiger partial charge < -0.3 is 10.5 Å². The Morgan fingerprint density at radius 3 is 2.52 bits per heavy atom. The normalized spacial score (nSPS) is 19.0. The Morgan fingerprint density at radius 2 is 1.91 bits per heavy atom. The number of hydrogen-bond donors (Lipinski definition) is 1. The number of hydrogen-bond acceptors (Lipinski definition) is 4. The van der Waals surface area contributed by atoms with Gasteiger partial charge in [-0.2, -0.15) is 0 Å². The van der Waals surface area contributed by atoms with Crippen LogP contribution in [0.4, 0.5) is 4.39 Å². The second-order valence-corrected chi connectivity index (χ2v) is 7.95. The van der Waals surface area contributed by atoms with Crippen LogP contribution >= 0.6 is 23.2 Å². The number of nitrogens with two attached hydrogens (primary N) is 1. The molecule has 23 heavy (non-hydrogen) atoms. The molecular formula is C15H12Cl2FNO3S. The molecule has 0 saturated heterocycles. The zero-order chi connectivity index (χ0) is 16.8. The third-order valence-corrected chi connectivity index (χ3v) is 5.95. The Labute approximate surface area is 142 Å². The van der Waals surface area contributed by atoms with E-state index in [0.717, 1.165) is 12.1 Å². The summed E-state index contributed by atoms with van der Waals surface area (Å²) >= 11 is 12.3. The van der Waals surface area contributed by atoms with E-state index in [9.17, 15) is 12.8 Å². The zero-order valence-corrected chi connectivity index (χ0v) is 14.1. The van der Waals surface area contributed by atoms with Crippen LogP contribution in [-0.4, -0.2) is 26.8 Å². The topological polar surface area (TPSA) is 69.4 Å². The van der Waals surface area contributed by atoms with Crippen LogP contribution in [0.3, 0.4) is 0 Å². The van der Waals surface area contributed by atoms with Gasteiger partial charge in [-0.15, -0.1) is 0 Å². The second-order valence-electron chi connectivity index (χ2n) is 5.13. The van der Waals surface area contributed by atoms with Gasteiger partial charge in [0.2, 0.25) is 0 Å². The van der Waals surface area contributed by atoms with E-state index in [0.29, 0.717) is 5.56 Å². The number of halogens is 3. The Hall–Kier alpha value is -1.34. The molecule has 2 N–H and O–H groups in total. The summed E-state index contributed by atoms with van der Waals surface area (Å²) in [5.74, 6) is -0.980. The van der Waals surface area contributed by atoms with Crippen molar-refractivity contribution in [3.8, 4) is 16.9 Å². The summed E-state index contributed by atoms with van der Waals surface area (Å²) in [6, 6.07) is 6.89. The van der Waals surface area contributed by atoms with E-state index in [2.05, 4.69) is 0 Å². The molecule has 0 radical (unpaired) electrons. The molecule has 1 aliphatic heterocycles. The molecule has 3 rings (SSSR count). The van der Waals surface area contributed by atoms with Gasteiger partial charge in [0, 0.05) is 17.7 Å². The van der Waals surface area contributed by atoms with Crippen LogP contribution in [0.5, 0.6) is 5.75 Å². The fraction of sp³-hybridized carbons (Fsp3) is 0.200. The van der Waals surface area contributed by atoms with Crippen molar-refractivity contribution in [2.45, 2.75) is 11.0 Å². The summed E-state index contributed by atoms with van der Waals surface area (Å²) in [6.07, 6.45) is -0.710. The van der Waals surface area contributed by atoms with Crippen molar-refractivity contribution in [1.29, 1.82) is 0 Å². The first-order chi connectivity index (χ1) is 10.8. The quantitative estimate of drug-likeness (QED) is 0.873. The van der Waals surface area contributed by atoms with Gasteiger partial charge in [0.25, 0.3) is 0 Å². The molecule has 0 spiro atoms. The molecule has 1 atom stereocenters. The first-order valence-electron chi connectivity index (χ1n) is 6.71. The van der Waals surface area contributed by atoms with Gasteiger partial charge in [-0.05, 0) is 24.3 Å². The number of ether oxygens (including phenoxy) is 1. The minimum absolute atomic E-state index is 0.0196. The summed E-state index contributed by atoms with van der Waals surface area (Å²) in [6.45, 7) is 0.0196. The zero-order valence-electron chi connectivity index (χ0n) is 11.7. The van der Waals surface area contributed by atoms with E-state index in [-0.39, 0.29) is 38.6 Å². The van der Waals surface area contributed by atoms with Crippen LogP contribution in [0.15, 0.2) is 35.2 Å². The summed E-state index contributed by atoms with van der Waals surface area (Å²) in [5, 5.41) is 0.530. The van der Waals surface area contributed by atoms with Crippen molar-refractivity contribution in [2.75, 3.05) is 12.3 Å². The van der Waals surface area contributed by atoms with Gasteiger partial charge in [-0.1, -0.05) is 29.3 Å². The molecule has 0 fully saturated rings. The minimum Gasteiger partial charge on any atom is -0.486 e. The molecule has 1 aliphatic rings. The standard InChI is InChI=1S/C15H12Cl2FNO3S/c16-11-2-1-3-12(17)14(11)10-4-8(18)5-13-15(10)22-9(6-19)7-23(13,20)21/h1-5,9H,6-7,19H2. The average molecular weight is 376 g/mol. The number of rotatable bonds is 2. The maximum Gasteiger partial charge on any atom is 0.185 e. The molecule has 0 saturated carbocycles. The monoisotopic (exact) mass is 375 g/mol. The fourth-order valence-electron chi connectivity index (χ4n) is 2.51. The molecule has 122 valence electrons. The molecule has 0 amide bonds. The molecule has 1 unspecified atom stereocenters. The van der Waals surface area contributed by atoms with E-state index < -0.39 is 21.8 Å². The van der Waals surface area contributed by atoms with Crippen molar-refractivity contribution >= 4 is 33.0 Å². The molecule has 8 heteroatoms. The second kappa shape index (κ2) is 5.94. The van der Waals surface area contributed by atoms with Crippen molar-refractivity contribution in [1.82, 2.24) is 0 Å². The smallest absolute Gasteiger partial charge is 0.185 e. The Balaban J connectivity index is 2.34. The highest BCUT2D eigenvalue weighted by Gasteiger charge is 2.34. The first kappa shape index (κ1) is 16.5. The molecule has 2 aromatic rings. The minimum atomic E-state index is -3.71. The largest absolute Gasteiger partial charge is 0.486 e. The van der Waals surface area contributed by atoms with Crippen LogP contribution in [-0.2, 0) is 9.84 Å². The van der Waals surface area contributed by atoms with E-state index in [1.54, 1.807) is 18.2 Å². The Bertz CT molecular complexity index is 866. The van der Waals surface area contributed by atoms with Crippen LogP contribution < -0.4 is 10.5 Å². The van der Waals surface area contributed by atoms with Crippen molar-refractivity contribution in [3.63, 3.8) is 0 Å². The van der Waals surface area contributed by atoms with E-state index in [1.807, 2.05) is 0 Å². The van der Waals surface area contributed by atoms with Crippen molar-refractivity contribution in [2.24, 2.45) is 5.73 Å². The highest BCUT2D eigenvalue weighted by molar-refractivity contribution is 7.91. The molecular weight excluding hydrogens is 364 g/mol. The molecule has 0 bridgehead atoms. The number of fused-ring (bicyclic) bond motifs is 1. The fourth-order valence-corrected chi connectivity index (χ4v) is 4.72. The molecule has 4 nitrogen and oxygen atoms in total. The van der Waals surface area contributed by atoms with Gasteiger partial charge >= 0.3 is 0 Å². The maximum absolute atomic E-state index is 14.0. The maximum atomic E-state index is 14.0. The van der Waals surface area contributed by atoms with Gasteiger partial charge in [-0.3, -0.25) is 0 Å². The lowest BCUT2D eigenvalue weighted by Crippen LogP contribution is -2.38. The Morgan fingerprint density at radius 1 is 1.26 bits per heavy atom. The lowest BCUT2D eigenvalue weighted by Gasteiger charge is -2.27. The average Bonchev–Trinajstić information content (AvgIpc) is 2.47. The van der Waals surface area contributed by atoms with Gasteiger partial charge in [0.15, 0.2) is 9.84 Å². The van der Waals surface area contributed by atoms with E-state index >= 15 is 0 Å². The molecule has 2 aromatic carbocycles. The summed E-state index contributed by atoms with van der Waals surface area (Å²) in [4.78, 5) is -0.215. The third-order valence-electron chi connectivity index (χ3n) is 3.54. The molecule has 0 aromatic heterocycles. The van der Waals surface area contributed by atoms with E-state index in [4.69, 9.17) is 33.7 Å². The number of sulfone groups is 1. The van der Waals surface area contributed by atoms with Gasteiger partial charge in [0.05, 0.1) is 15.8 Å². The third kappa shape index (κ3) is 2.92. The van der Waals surface area contributed by atoms with E-state index in [1.165, 1.54) is 0 Å². The van der Waals surface area contributed by atoms with Crippen molar-refractivity contribution < 1.29 is 17.5 Å². The predicted molar refractivity (Wildman–Crippen MR) is 87.4 cm³/mol. The first-order valence-corrected chi connectivity index (χ1v) is 9.11. The van der Waals surface area contributed by atoms with Gasteiger partial charge in [-0.25, -0.2) is 12.8 Å². The number of benzene rings is 2. The summed E-state index contributed by atoms with van der Waals surface area (Å²) in [7, 11) is -3.71.